The lowest BCUT2D eigenvalue weighted by Gasteiger charge is -2.31. The van der Waals surface area contributed by atoms with E-state index in [1.807, 2.05) is 29.3 Å². The van der Waals surface area contributed by atoms with E-state index >= 15 is 0 Å². The van der Waals surface area contributed by atoms with Gasteiger partial charge in [0.25, 0.3) is 5.91 Å². The fourth-order valence-corrected chi connectivity index (χ4v) is 5.42. The first-order valence-corrected chi connectivity index (χ1v) is 11.4. The molecule has 0 saturated carbocycles. The highest BCUT2D eigenvalue weighted by atomic mass is 19.1. The van der Waals surface area contributed by atoms with Gasteiger partial charge >= 0.3 is 5.97 Å². The monoisotopic (exact) mass is 455 g/mol. The van der Waals surface area contributed by atoms with E-state index in [0.717, 1.165) is 52.9 Å². The van der Waals surface area contributed by atoms with Crippen LogP contribution in [-0.4, -0.2) is 29.2 Å². The molecule has 7 heteroatoms. The molecule has 2 heterocycles. The predicted octanol–water partition coefficient (Wildman–Crippen LogP) is 4.34. The number of hydrazone groups is 1. The lowest BCUT2D eigenvalue weighted by Crippen LogP contribution is -2.32. The Bertz CT molecular complexity index is 1370. The summed E-state index contributed by atoms with van der Waals surface area (Å²) in [5, 5.41) is 19.3. The van der Waals surface area contributed by atoms with Crippen molar-refractivity contribution in [1.82, 2.24) is 5.32 Å². The maximum Gasteiger partial charge on any atom is 0.335 e. The third kappa shape index (κ3) is 3.27. The zero-order valence-electron chi connectivity index (χ0n) is 18.3. The van der Waals surface area contributed by atoms with Crippen molar-refractivity contribution in [2.45, 2.75) is 25.3 Å². The Balaban J connectivity index is 1.47. The van der Waals surface area contributed by atoms with Gasteiger partial charge in [-0.2, -0.15) is 5.10 Å². The van der Waals surface area contributed by atoms with Gasteiger partial charge in [-0.05, 0) is 78.4 Å². The smallest absolute Gasteiger partial charge is 0.335 e. The molecule has 2 unspecified atom stereocenters. The molecule has 6 rings (SSSR count). The van der Waals surface area contributed by atoms with Crippen LogP contribution in [-0.2, 0) is 12.8 Å². The zero-order chi connectivity index (χ0) is 23.4. The van der Waals surface area contributed by atoms with E-state index in [1.165, 1.54) is 12.1 Å². The van der Waals surface area contributed by atoms with Gasteiger partial charge in [-0.15, -0.1) is 0 Å². The van der Waals surface area contributed by atoms with E-state index < -0.39 is 5.97 Å². The van der Waals surface area contributed by atoms with Crippen LogP contribution in [0.25, 0.3) is 0 Å². The first-order valence-electron chi connectivity index (χ1n) is 11.4. The number of carbonyl (C=O) groups excluding carboxylic acids is 1. The highest BCUT2D eigenvalue weighted by Gasteiger charge is 2.42. The summed E-state index contributed by atoms with van der Waals surface area (Å²) in [6.45, 7) is 0.604. The number of nitrogens with one attached hydrogen (secondary N) is 1. The summed E-state index contributed by atoms with van der Waals surface area (Å²) < 4.78 is 13.7. The molecular weight excluding hydrogens is 433 g/mol. The average Bonchev–Trinajstić information content (AvgIpc) is 3.24. The number of nitrogens with zero attached hydrogens (tertiary/aromatic N) is 2. The number of aromatic carboxylic acids is 1. The van der Waals surface area contributed by atoms with Crippen molar-refractivity contribution >= 4 is 23.3 Å². The van der Waals surface area contributed by atoms with Gasteiger partial charge < -0.3 is 10.4 Å². The molecule has 2 N–H and O–H groups in total. The van der Waals surface area contributed by atoms with Crippen molar-refractivity contribution in [2.24, 2.45) is 11.0 Å². The second kappa shape index (κ2) is 7.80. The van der Waals surface area contributed by atoms with Crippen molar-refractivity contribution in [3.8, 4) is 0 Å². The van der Waals surface area contributed by atoms with E-state index in [4.69, 9.17) is 5.10 Å². The quantitative estimate of drug-likeness (QED) is 0.616. The van der Waals surface area contributed by atoms with Crippen molar-refractivity contribution < 1.29 is 19.1 Å². The minimum absolute atomic E-state index is 0.0625. The van der Waals surface area contributed by atoms with E-state index in [1.54, 1.807) is 24.3 Å². The number of hydrogen-bond acceptors (Lipinski definition) is 4. The Hall–Kier alpha value is -4.00. The topological polar surface area (TPSA) is 82.0 Å². The third-order valence-electron chi connectivity index (χ3n) is 7.05. The molecule has 0 spiro atoms. The minimum Gasteiger partial charge on any atom is -0.478 e. The minimum atomic E-state index is -0.942. The molecule has 1 amide bonds. The van der Waals surface area contributed by atoms with Gasteiger partial charge in [0.15, 0.2) is 0 Å². The maximum absolute atomic E-state index is 13.7. The molecule has 3 aromatic carbocycles. The standard InChI is InChI=1S/C27H22FN3O3/c28-19-5-1-15(2-6-19)25-23-9-3-16-13-18(27(33)34)4-8-21(16)24(23)30-31(25)20-7-10-22-17(14-20)11-12-29-26(22)32/h1-2,4-8,10,13-14,23,25H,3,9,11-12H2,(H,29,32)(H,33,34). The second-order valence-electron chi connectivity index (χ2n) is 9.00. The highest BCUT2D eigenvalue weighted by Crippen LogP contribution is 2.45. The van der Waals surface area contributed by atoms with Crippen LogP contribution in [0.15, 0.2) is 65.8 Å². The summed E-state index contributed by atoms with van der Waals surface area (Å²) in [7, 11) is 0. The van der Waals surface area contributed by atoms with Crippen molar-refractivity contribution in [3.05, 3.63) is 99.9 Å². The van der Waals surface area contributed by atoms with E-state index in [2.05, 4.69) is 5.32 Å². The molecule has 0 bridgehead atoms. The number of carboxylic acid groups (broad SMARTS) is 1. The predicted molar refractivity (Wildman–Crippen MR) is 126 cm³/mol. The number of carbonyl (C=O) groups is 2. The van der Waals surface area contributed by atoms with Crippen LogP contribution in [0.2, 0.25) is 0 Å². The van der Waals surface area contributed by atoms with Gasteiger partial charge in [-0.25, -0.2) is 9.18 Å². The Labute approximate surface area is 195 Å². The Kier molecular flexibility index (Phi) is 4.72. The molecule has 2 aliphatic heterocycles. The average molecular weight is 455 g/mol. The van der Waals surface area contributed by atoms with Gasteiger partial charge in [0.05, 0.1) is 23.0 Å². The molecule has 2 atom stereocenters. The number of hydrogen-bond donors (Lipinski definition) is 2. The highest BCUT2D eigenvalue weighted by molar-refractivity contribution is 6.07. The number of fused-ring (bicyclic) bond motifs is 4. The van der Waals surface area contributed by atoms with Gasteiger partial charge in [0, 0.05) is 23.6 Å². The molecule has 3 aromatic rings. The summed E-state index contributed by atoms with van der Waals surface area (Å²) in [6.07, 6.45) is 2.31. The molecule has 0 aromatic heterocycles. The summed E-state index contributed by atoms with van der Waals surface area (Å²) in [5.74, 6) is -1.22. The van der Waals surface area contributed by atoms with Crippen LogP contribution in [0.4, 0.5) is 10.1 Å². The number of amides is 1. The Morgan fingerprint density at radius 3 is 2.56 bits per heavy atom. The summed E-state index contributed by atoms with van der Waals surface area (Å²) in [4.78, 5) is 23.7. The Morgan fingerprint density at radius 1 is 1.00 bits per heavy atom. The lowest BCUT2D eigenvalue weighted by molar-refractivity contribution is 0.0696. The zero-order valence-corrected chi connectivity index (χ0v) is 18.3. The van der Waals surface area contributed by atoms with Crippen molar-refractivity contribution in [3.63, 3.8) is 0 Å². The van der Waals surface area contributed by atoms with Crippen LogP contribution < -0.4 is 10.3 Å². The first kappa shape index (κ1) is 20.6. The number of halogens is 1. The summed E-state index contributed by atoms with van der Waals surface area (Å²) >= 11 is 0. The molecule has 170 valence electrons. The van der Waals surface area contributed by atoms with E-state index in [9.17, 15) is 19.1 Å². The molecule has 6 nitrogen and oxygen atoms in total. The van der Waals surface area contributed by atoms with E-state index in [0.29, 0.717) is 12.1 Å². The molecule has 34 heavy (non-hydrogen) atoms. The number of benzene rings is 3. The molecule has 0 saturated heterocycles. The SMILES string of the molecule is O=C(O)c1ccc2c(c1)CCC1C2=NN(c2ccc3c(c2)CCNC3=O)C1c1ccc(F)cc1. The number of carboxylic acids is 1. The van der Waals surface area contributed by atoms with Gasteiger partial charge in [0.2, 0.25) is 0 Å². The normalized spacial score (nSPS) is 20.7. The van der Waals surface area contributed by atoms with Crippen molar-refractivity contribution in [1.29, 1.82) is 0 Å². The Morgan fingerprint density at radius 2 is 1.76 bits per heavy atom. The van der Waals surface area contributed by atoms with Crippen LogP contribution in [0.1, 0.15) is 55.4 Å². The lowest BCUT2D eigenvalue weighted by atomic mass is 9.77. The first-order chi connectivity index (χ1) is 16.5. The van der Waals surface area contributed by atoms with Crippen LogP contribution >= 0.6 is 0 Å². The largest absolute Gasteiger partial charge is 0.478 e. The van der Waals surface area contributed by atoms with Gasteiger partial charge in [-0.1, -0.05) is 18.2 Å². The van der Waals surface area contributed by atoms with Gasteiger partial charge in [-0.3, -0.25) is 9.80 Å². The molecule has 3 aliphatic rings. The summed E-state index contributed by atoms with van der Waals surface area (Å²) in [6, 6.07) is 17.4. The van der Waals surface area contributed by atoms with E-state index in [-0.39, 0.29) is 29.2 Å². The molecule has 1 aliphatic carbocycles. The number of anilines is 1. The molecule has 0 radical (unpaired) electrons. The number of rotatable bonds is 3. The maximum atomic E-state index is 13.7. The van der Waals surface area contributed by atoms with Crippen LogP contribution in [0.3, 0.4) is 0 Å². The third-order valence-corrected chi connectivity index (χ3v) is 7.05. The van der Waals surface area contributed by atoms with Crippen molar-refractivity contribution in [2.75, 3.05) is 11.6 Å². The molecule has 0 fully saturated rings. The second-order valence-corrected chi connectivity index (χ2v) is 9.00. The fourth-order valence-electron chi connectivity index (χ4n) is 5.42. The fraction of sp³-hybridized carbons (Fsp3) is 0.222. The van der Waals surface area contributed by atoms with Gasteiger partial charge in [0.1, 0.15) is 5.82 Å². The van der Waals surface area contributed by atoms with Crippen LogP contribution in [0, 0.1) is 11.7 Å². The summed E-state index contributed by atoms with van der Waals surface area (Å²) in [5.41, 5.74) is 6.66. The van der Waals surface area contributed by atoms with Crippen LogP contribution in [0.5, 0.6) is 0 Å². The number of aryl methyl sites for hydroxylation is 1. The molecular formula is C27H22FN3O3.